The Morgan fingerprint density at radius 2 is 0.417 bits per heavy atom. The molecule has 0 spiro atoms. The van der Waals surface area contributed by atoms with Gasteiger partial charge in [0.15, 0.2) is 0 Å². The summed E-state index contributed by atoms with van der Waals surface area (Å²) in [6.07, 6.45) is -4.26. The van der Waals surface area contributed by atoms with E-state index >= 15 is 0 Å². The van der Waals surface area contributed by atoms with Crippen LogP contribution in [0.3, 0.4) is 0 Å². The van der Waals surface area contributed by atoms with E-state index in [0.717, 1.165) is 0 Å². The third-order valence-corrected chi connectivity index (χ3v) is 1.72. The van der Waals surface area contributed by atoms with Crippen molar-refractivity contribution in [2.24, 2.45) is 34.4 Å². The van der Waals surface area contributed by atoms with Gasteiger partial charge in [0.1, 0.15) is 0 Å². The first-order valence-electron chi connectivity index (χ1n) is 10.2. The van der Waals surface area contributed by atoms with Gasteiger partial charge in [-0.1, -0.05) is 0 Å². The molecule has 0 atom stereocenters. The van der Waals surface area contributed by atoms with E-state index in [1.165, 1.54) is 0 Å². The van der Waals surface area contributed by atoms with Crippen molar-refractivity contribution < 1.29 is 57.2 Å². The molecule has 0 saturated carbocycles. The van der Waals surface area contributed by atoms with E-state index in [1.807, 2.05) is 0 Å². The second kappa shape index (κ2) is 40.9. The number of primary amides is 6. The van der Waals surface area contributed by atoms with Gasteiger partial charge in [-0.3, -0.25) is 0 Å². The molecule has 6 amide bonds. The van der Waals surface area contributed by atoms with E-state index < -0.39 is 36.6 Å². The second-order valence-electron chi connectivity index (χ2n) is 4.51. The summed E-state index contributed by atoms with van der Waals surface area (Å²) in [5.74, 6) is 0. The van der Waals surface area contributed by atoms with Crippen LogP contribution in [-0.4, -0.2) is 76.2 Å². The molecule has 18 heteroatoms. The maximum atomic E-state index is 9.60. The van der Waals surface area contributed by atoms with E-state index in [9.17, 15) is 28.8 Å². The Balaban J connectivity index is -0.0000000750. The number of amides is 6. The standard InChI is InChI=1S/6C3H7NO2/c6*1-2-6-3(4)5/h6*2H2,1H3,(H2,4,5). The summed E-state index contributed by atoms with van der Waals surface area (Å²) in [7, 11) is 0. The van der Waals surface area contributed by atoms with Crippen LogP contribution in [0.1, 0.15) is 41.5 Å². The molecule has 0 saturated heterocycles. The van der Waals surface area contributed by atoms with Crippen LogP contribution in [0.15, 0.2) is 0 Å². The van der Waals surface area contributed by atoms with E-state index in [-0.39, 0.29) is 0 Å². The number of rotatable bonds is 6. The van der Waals surface area contributed by atoms with Gasteiger partial charge in [-0.05, 0) is 41.5 Å². The second-order valence-corrected chi connectivity index (χ2v) is 4.51. The number of nitrogens with two attached hydrogens (primary N) is 6. The molecule has 216 valence electrons. The molecule has 0 aliphatic heterocycles. The van der Waals surface area contributed by atoms with Gasteiger partial charge in [0.2, 0.25) is 0 Å². The predicted molar refractivity (Wildman–Crippen MR) is 127 cm³/mol. The zero-order valence-electron chi connectivity index (χ0n) is 21.6. The molecule has 0 unspecified atom stereocenters. The SMILES string of the molecule is CCOC(N)=O.CCOC(N)=O.CCOC(N)=O.CCOC(N)=O.CCOC(N)=O.CCOC(N)=O. The van der Waals surface area contributed by atoms with Crippen molar-refractivity contribution in [2.45, 2.75) is 41.5 Å². The minimum absolute atomic E-state index is 0.356. The van der Waals surface area contributed by atoms with Gasteiger partial charge in [-0.2, -0.15) is 0 Å². The molecule has 12 N–H and O–H groups in total. The van der Waals surface area contributed by atoms with Crippen LogP contribution in [-0.2, 0) is 28.4 Å². The predicted octanol–water partition coefficient (Wildman–Crippen LogP) is 0.610. The molecule has 0 aromatic heterocycles. The van der Waals surface area contributed by atoms with Crippen molar-refractivity contribution in [1.82, 2.24) is 0 Å². The molecule has 36 heavy (non-hydrogen) atoms. The van der Waals surface area contributed by atoms with Crippen LogP contribution < -0.4 is 34.4 Å². The molecule has 0 fully saturated rings. The van der Waals surface area contributed by atoms with Gasteiger partial charge >= 0.3 is 36.6 Å². The molecular formula is C18H42N6O12. The van der Waals surface area contributed by atoms with Crippen molar-refractivity contribution in [1.29, 1.82) is 0 Å². The van der Waals surface area contributed by atoms with Gasteiger partial charge in [0.05, 0.1) is 39.6 Å². The number of hydrogen-bond donors (Lipinski definition) is 6. The minimum Gasteiger partial charge on any atom is -0.450 e. The summed E-state index contributed by atoms with van der Waals surface area (Å²) in [5, 5.41) is 0. The normalized spacial score (nSPS) is 7.50. The van der Waals surface area contributed by atoms with Gasteiger partial charge in [0.25, 0.3) is 0 Å². The topological polar surface area (TPSA) is 314 Å². The van der Waals surface area contributed by atoms with Gasteiger partial charge in [0, 0.05) is 0 Å². The summed E-state index contributed by atoms with van der Waals surface area (Å²) < 4.78 is 25.1. The van der Waals surface area contributed by atoms with Gasteiger partial charge < -0.3 is 62.8 Å². The minimum atomic E-state index is -0.711. The summed E-state index contributed by atoms with van der Waals surface area (Å²) >= 11 is 0. The third kappa shape index (κ3) is 131. The molecule has 0 aliphatic carbocycles. The Kier molecular flexibility index (Phi) is 51.3. The molecule has 0 aromatic rings. The van der Waals surface area contributed by atoms with Crippen LogP contribution >= 0.6 is 0 Å². The Morgan fingerprint density at radius 1 is 0.333 bits per heavy atom. The third-order valence-electron chi connectivity index (χ3n) is 1.72. The molecule has 0 rings (SSSR count). The molecule has 0 radical (unpaired) electrons. The summed E-state index contributed by atoms with van der Waals surface area (Å²) in [6.45, 7) is 12.3. The Hall–Kier alpha value is -4.38. The fourth-order valence-electron chi connectivity index (χ4n) is 0.854. The number of hydrogen-bond acceptors (Lipinski definition) is 12. The largest absolute Gasteiger partial charge is 0.450 e. The molecule has 0 heterocycles. The van der Waals surface area contributed by atoms with E-state index in [0.29, 0.717) is 39.6 Å². The molecule has 18 nitrogen and oxygen atoms in total. The van der Waals surface area contributed by atoms with Crippen molar-refractivity contribution >= 4 is 36.6 Å². The highest BCUT2D eigenvalue weighted by atomic mass is 16.6. The highest BCUT2D eigenvalue weighted by Crippen LogP contribution is 1.68. The zero-order chi connectivity index (χ0) is 29.9. The maximum absolute atomic E-state index is 9.60. The molecule has 0 aromatic carbocycles. The lowest BCUT2D eigenvalue weighted by atomic mass is 10.9. The van der Waals surface area contributed by atoms with Crippen molar-refractivity contribution in [2.75, 3.05) is 39.6 Å². The number of ether oxygens (including phenoxy) is 6. The number of carbonyl (C=O) groups excluding carboxylic acids is 6. The van der Waals surface area contributed by atoms with Crippen molar-refractivity contribution in [3.05, 3.63) is 0 Å². The van der Waals surface area contributed by atoms with Crippen LogP contribution in [0.4, 0.5) is 28.8 Å². The first kappa shape index (κ1) is 45.2. The van der Waals surface area contributed by atoms with Crippen LogP contribution in [0.2, 0.25) is 0 Å². The van der Waals surface area contributed by atoms with Crippen molar-refractivity contribution in [3.63, 3.8) is 0 Å². The molecule has 0 aliphatic rings. The Bertz CT molecular complexity index is 441. The summed E-state index contributed by atoms with van der Waals surface area (Å²) in [6, 6.07) is 0. The fraction of sp³-hybridized carbons (Fsp3) is 0.667. The lowest BCUT2D eigenvalue weighted by molar-refractivity contribution is 0.162. The van der Waals surface area contributed by atoms with Gasteiger partial charge in [-0.15, -0.1) is 0 Å². The lowest BCUT2D eigenvalue weighted by Gasteiger charge is -1.89. The van der Waals surface area contributed by atoms with E-state index in [1.54, 1.807) is 41.5 Å². The first-order valence-corrected chi connectivity index (χ1v) is 10.2. The highest BCUT2D eigenvalue weighted by Gasteiger charge is 1.84. The smallest absolute Gasteiger partial charge is 0.404 e. The lowest BCUT2D eigenvalue weighted by Crippen LogP contribution is -2.11. The monoisotopic (exact) mass is 534 g/mol. The van der Waals surface area contributed by atoms with E-state index in [4.69, 9.17) is 0 Å². The fourth-order valence-corrected chi connectivity index (χ4v) is 0.854. The van der Waals surface area contributed by atoms with E-state index in [2.05, 4.69) is 62.8 Å². The van der Waals surface area contributed by atoms with Crippen LogP contribution in [0, 0.1) is 0 Å². The quantitative estimate of drug-likeness (QED) is 0.255. The summed E-state index contributed by atoms with van der Waals surface area (Å²) in [5.41, 5.74) is 27.3. The van der Waals surface area contributed by atoms with Gasteiger partial charge in [-0.25, -0.2) is 28.8 Å². The number of carbonyl (C=O) groups is 6. The summed E-state index contributed by atoms with van der Waals surface area (Å²) in [4.78, 5) is 57.6. The maximum Gasteiger partial charge on any atom is 0.404 e. The Morgan fingerprint density at radius 3 is 0.417 bits per heavy atom. The first-order chi connectivity index (χ1) is 16.6. The average molecular weight is 535 g/mol. The van der Waals surface area contributed by atoms with Crippen LogP contribution in [0.25, 0.3) is 0 Å². The Labute approximate surface area is 210 Å². The highest BCUT2D eigenvalue weighted by molar-refractivity contribution is 5.65. The molecular weight excluding hydrogens is 492 g/mol. The van der Waals surface area contributed by atoms with Crippen LogP contribution in [0.5, 0.6) is 0 Å². The molecule has 0 bridgehead atoms. The van der Waals surface area contributed by atoms with Crippen molar-refractivity contribution in [3.8, 4) is 0 Å². The average Bonchev–Trinajstić information content (AvgIpc) is 2.69. The zero-order valence-corrected chi connectivity index (χ0v) is 21.6.